The average molecular weight is 494 g/mol. The van der Waals surface area contributed by atoms with Crippen molar-refractivity contribution < 1.29 is 9.13 Å². The topological polar surface area (TPSA) is 95.6 Å². The summed E-state index contributed by atoms with van der Waals surface area (Å²) in [6.45, 7) is 1.38. The van der Waals surface area contributed by atoms with Crippen molar-refractivity contribution in [2.45, 2.75) is 0 Å². The first-order valence-electron chi connectivity index (χ1n) is 11.9. The van der Waals surface area contributed by atoms with Gasteiger partial charge in [0.25, 0.3) is 0 Å². The van der Waals surface area contributed by atoms with Gasteiger partial charge in [0.1, 0.15) is 29.5 Å². The van der Waals surface area contributed by atoms with Crippen LogP contribution >= 0.6 is 0 Å². The molecule has 0 aliphatic heterocycles. The highest BCUT2D eigenvalue weighted by molar-refractivity contribution is 6.00. The summed E-state index contributed by atoms with van der Waals surface area (Å²) >= 11 is 0. The Balaban J connectivity index is 1.38. The molecular formula is C28H24FN7O. The molecule has 0 bridgehead atoms. The van der Waals surface area contributed by atoms with E-state index in [1.807, 2.05) is 44.4 Å². The van der Waals surface area contributed by atoms with Crippen molar-refractivity contribution in [3.05, 3.63) is 79.1 Å². The molecule has 1 aromatic carbocycles. The second-order valence-corrected chi connectivity index (χ2v) is 9.06. The van der Waals surface area contributed by atoms with Gasteiger partial charge in [0.2, 0.25) is 0 Å². The summed E-state index contributed by atoms with van der Waals surface area (Å²) in [5.74, 6) is 0.415. The molecule has 0 fully saturated rings. The molecule has 0 aliphatic rings. The molecule has 5 aromatic heterocycles. The molecule has 0 amide bonds. The predicted molar refractivity (Wildman–Crippen MR) is 142 cm³/mol. The summed E-state index contributed by atoms with van der Waals surface area (Å²) < 4.78 is 19.7. The third kappa shape index (κ3) is 4.52. The first-order valence-corrected chi connectivity index (χ1v) is 11.9. The minimum Gasteiger partial charge on any atom is -0.491 e. The molecule has 9 heteroatoms. The van der Waals surface area contributed by atoms with Crippen molar-refractivity contribution in [3.8, 4) is 39.5 Å². The summed E-state index contributed by atoms with van der Waals surface area (Å²) in [5, 5.41) is 9.42. The van der Waals surface area contributed by atoms with Gasteiger partial charge in [-0.05, 0) is 61.6 Å². The van der Waals surface area contributed by atoms with Crippen molar-refractivity contribution in [2.75, 3.05) is 27.2 Å². The third-order valence-electron chi connectivity index (χ3n) is 6.19. The molecule has 0 atom stereocenters. The van der Waals surface area contributed by atoms with Crippen LogP contribution in [-0.4, -0.2) is 62.3 Å². The van der Waals surface area contributed by atoms with E-state index >= 15 is 0 Å². The average Bonchev–Trinajstić information content (AvgIpc) is 3.52. The molecule has 0 unspecified atom stereocenters. The molecule has 0 radical (unpaired) electrons. The Kier molecular flexibility index (Phi) is 5.82. The van der Waals surface area contributed by atoms with Gasteiger partial charge >= 0.3 is 0 Å². The van der Waals surface area contributed by atoms with Crippen LogP contribution < -0.4 is 4.74 Å². The van der Waals surface area contributed by atoms with Gasteiger partial charge < -0.3 is 14.6 Å². The van der Waals surface area contributed by atoms with Crippen LogP contribution in [0.4, 0.5) is 4.39 Å². The SMILES string of the molecule is CN(C)CCOc1cncc(-c2cc3c(-c4cc5c(-c6cccc(F)c6)ccnc5[nH]4)n[nH]c3cn2)c1. The predicted octanol–water partition coefficient (Wildman–Crippen LogP) is 5.31. The second kappa shape index (κ2) is 9.44. The van der Waals surface area contributed by atoms with E-state index in [0.717, 1.165) is 56.6 Å². The van der Waals surface area contributed by atoms with Gasteiger partial charge in [-0.25, -0.2) is 9.37 Å². The third-order valence-corrected chi connectivity index (χ3v) is 6.19. The molecular weight excluding hydrogens is 469 g/mol. The van der Waals surface area contributed by atoms with Gasteiger partial charge in [-0.15, -0.1) is 0 Å². The van der Waals surface area contributed by atoms with Gasteiger partial charge in [0.15, 0.2) is 0 Å². The number of nitrogens with one attached hydrogen (secondary N) is 2. The number of ether oxygens (including phenoxy) is 1. The minimum atomic E-state index is -0.279. The maximum absolute atomic E-state index is 13.9. The summed E-state index contributed by atoms with van der Waals surface area (Å²) in [4.78, 5) is 18.9. The van der Waals surface area contributed by atoms with Crippen LogP contribution in [0.5, 0.6) is 5.75 Å². The summed E-state index contributed by atoms with van der Waals surface area (Å²) in [7, 11) is 4.01. The van der Waals surface area contributed by atoms with Gasteiger partial charge in [-0.3, -0.25) is 15.1 Å². The van der Waals surface area contributed by atoms with Crippen LogP contribution in [0.15, 0.2) is 73.3 Å². The molecule has 0 saturated heterocycles. The quantitative estimate of drug-likeness (QED) is 0.313. The number of benzene rings is 1. The zero-order valence-corrected chi connectivity index (χ0v) is 20.4. The Hall–Kier alpha value is -4.63. The monoisotopic (exact) mass is 493 g/mol. The molecule has 6 aromatic rings. The molecule has 8 nitrogen and oxygen atoms in total. The number of hydrogen-bond acceptors (Lipinski definition) is 6. The van der Waals surface area contributed by atoms with E-state index < -0.39 is 0 Å². The lowest BCUT2D eigenvalue weighted by molar-refractivity contribution is 0.261. The van der Waals surface area contributed by atoms with E-state index in [1.54, 1.807) is 30.9 Å². The Bertz CT molecular complexity index is 1720. The Morgan fingerprint density at radius 3 is 2.73 bits per heavy atom. The molecule has 5 heterocycles. The molecule has 6 rings (SSSR count). The van der Waals surface area contributed by atoms with Crippen LogP contribution in [-0.2, 0) is 0 Å². The van der Waals surface area contributed by atoms with E-state index in [-0.39, 0.29) is 5.82 Å². The highest BCUT2D eigenvalue weighted by atomic mass is 19.1. The van der Waals surface area contributed by atoms with Gasteiger partial charge in [0.05, 0.1) is 29.3 Å². The standard InChI is InChI=1S/C28H24FN7O/c1-36(2)8-9-37-20-11-18(14-30-15-20)24-13-23-26(16-32-24)34-35-27(23)25-12-22-21(6-7-31-28(22)33-25)17-4-3-5-19(29)10-17/h3-7,10-16H,8-9H2,1-2H3,(H,31,33)(H,34,35). The van der Waals surface area contributed by atoms with Crippen LogP contribution in [0.1, 0.15) is 0 Å². The van der Waals surface area contributed by atoms with Crippen molar-refractivity contribution in [1.82, 2.24) is 35.0 Å². The Morgan fingerprint density at radius 1 is 0.946 bits per heavy atom. The fraction of sp³-hybridized carbons (Fsp3) is 0.143. The van der Waals surface area contributed by atoms with Crippen molar-refractivity contribution in [1.29, 1.82) is 0 Å². The minimum absolute atomic E-state index is 0.279. The van der Waals surface area contributed by atoms with E-state index in [9.17, 15) is 4.39 Å². The van der Waals surface area contributed by atoms with E-state index in [4.69, 9.17) is 4.74 Å². The lowest BCUT2D eigenvalue weighted by Gasteiger charge is -2.11. The van der Waals surface area contributed by atoms with Crippen LogP contribution in [0, 0.1) is 5.82 Å². The highest BCUT2D eigenvalue weighted by Gasteiger charge is 2.16. The van der Waals surface area contributed by atoms with E-state index in [1.165, 1.54) is 12.1 Å². The number of likely N-dealkylation sites (N-methyl/N-ethyl adjacent to an activating group) is 1. The number of pyridine rings is 3. The normalized spacial score (nSPS) is 11.6. The number of nitrogens with zero attached hydrogens (tertiary/aromatic N) is 5. The number of halogens is 1. The number of H-pyrrole nitrogens is 2. The number of fused-ring (bicyclic) bond motifs is 2. The fourth-order valence-corrected chi connectivity index (χ4v) is 4.33. The van der Waals surface area contributed by atoms with Crippen LogP contribution in [0.2, 0.25) is 0 Å². The summed E-state index contributed by atoms with van der Waals surface area (Å²) in [5.41, 5.74) is 6.35. The maximum atomic E-state index is 13.9. The summed E-state index contributed by atoms with van der Waals surface area (Å²) in [6.07, 6.45) is 6.95. The van der Waals surface area contributed by atoms with Crippen LogP contribution in [0.25, 0.3) is 55.7 Å². The van der Waals surface area contributed by atoms with Crippen molar-refractivity contribution in [2.24, 2.45) is 0 Å². The Labute approximate surface area is 212 Å². The lowest BCUT2D eigenvalue weighted by atomic mass is 10.0. The van der Waals surface area contributed by atoms with Gasteiger partial charge in [0, 0.05) is 35.3 Å². The molecule has 184 valence electrons. The zero-order chi connectivity index (χ0) is 25.4. The van der Waals surface area contributed by atoms with E-state index in [0.29, 0.717) is 18.0 Å². The first-order chi connectivity index (χ1) is 18.0. The van der Waals surface area contributed by atoms with Crippen molar-refractivity contribution in [3.63, 3.8) is 0 Å². The zero-order valence-electron chi connectivity index (χ0n) is 20.4. The molecule has 0 saturated carbocycles. The molecule has 0 spiro atoms. The van der Waals surface area contributed by atoms with Crippen LogP contribution in [0.3, 0.4) is 0 Å². The smallest absolute Gasteiger partial charge is 0.138 e. The number of rotatable bonds is 7. The van der Waals surface area contributed by atoms with Gasteiger partial charge in [-0.2, -0.15) is 5.10 Å². The van der Waals surface area contributed by atoms with Crippen molar-refractivity contribution >= 4 is 21.9 Å². The second-order valence-electron chi connectivity index (χ2n) is 9.06. The molecule has 37 heavy (non-hydrogen) atoms. The lowest BCUT2D eigenvalue weighted by Crippen LogP contribution is -2.19. The summed E-state index contributed by atoms with van der Waals surface area (Å²) in [6, 6.07) is 14.4. The molecule has 2 N–H and O–H groups in total. The highest BCUT2D eigenvalue weighted by Crippen LogP contribution is 2.34. The van der Waals surface area contributed by atoms with Gasteiger partial charge in [-0.1, -0.05) is 12.1 Å². The largest absolute Gasteiger partial charge is 0.491 e. The fourth-order valence-electron chi connectivity index (χ4n) is 4.33. The first kappa shape index (κ1) is 22.8. The van der Waals surface area contributed by atoms with E-state index in [2.05, 4.69) is 35.0 Å². The number of aromatic amines is 2. The maximum Gasteiger partial charge on any atom is 0.138 e. The Morgan fingerprint density at radius 2 is 1.86 bits per heavy atom. The number of aromatic nitrogens is 6. The molecule has 0 aliphatic carbocycles. The number of hydrogen-bond donors (Lipinski definition) is 2.